The lowest BCUT2D eigenvalue weighted by Gasteiger charge is -2.15. The third-order valence-corrected chi connectivity index (χ3v) is 7.90. The molecule has 1 N–H and O–H groups in total. The Hall–Kier alpha value is -2.29. The van der Waals surface area contributed by atoms with Crippen molar-refractivity contribution >= 4 is 42.6 Å². The summed E-state index contributed by atoms with van der Waals surface area (Å²) in [7, 11) is -3.40. The average molecular weight is 430 g/mol. The number of carbonyl (C=O) groups excluding carboxylic acids is 1. The van der Waals surface area contributed by atoms with E-state index >= 15 is 0 Å². The van der Waals surface area contributed by atoms with E-state index in [-0.39, 0.29) is 5.91 Å². The number of aryl methyl sites for hydroxylation is 2. The fraction of sp³-hybridized carbons (Fsp3) is 0.333. The van der Waals surface area contributed by atoms with Gasteiger partial charge in [0, 0.05) is 19.5 Å². The van der Waals surface area contributed by atoms with Crippen LogP contribution in [0.5, 0.6) is 0 Å². The number of nitrogens with one attached hydrogen (secondary N) is 1. The minimum absolute atomic E-state index is 0.102. The number of benzene rings is 2. The number of hydrogen-bond acceptors (Lipinski definition) is 5. The third kappa shape index (κ3) is 4.49. The van der Waals surface area contributed by atoms with Crippen molar-refractivity contribution in [2.75, 3.05) is 18.4 Å². The lowest BCUT2D eigenvalue weighted by Crippen LogP contribution is -2.27. The molecule has 29 heavy (non-hydrogen) atoms. The second-order valence-electron chi connectivity index (χ2n) is 7.29. The number of thiazole rings is 1. The van der Waals surface area contributed by atoms with E-state index in [1.165, 1.54) is 15.6 Å². The normalized spacial score (nSPS) is 15.1. The quantitative estimate of drug-likeness (QED) is 0.643. The van der Waals surface area contributed by atoms with E-state index in [0.29, 0.717) is 36.0 Å². The zero-order valence-electron chi connectivity index (χ0n) is 16.2. The number of rotatable bonds is 6. The minimum atomic E-state index is -3.40. The first-order valence-electron chi connectivity index (χ1n) is 9.68. The van der Waals surface area contributed by atoms with Gasteiger partial charge in [-0.25, -0.2) is 13.4 Å². The Labute approximate surface area is 174 Å². The maximum Gasteiger partial charge on any atom is 0.243 e. The molecule has 0 spiro atoms. The van der Waals surface area contributed by atoms with Crippen molar-refractivity contribution in [3.63, 3.8) is 0 Å². The van der Waals surface area contributed by atoms with Gasteiger partial charge in [0.1, 0.15) is 0 Å². The van der Waals surface area contributed by atoms with Gasteiger partial charge in [-0.1, -0.05) is 29.5 Å². The van der Waals surface area contributed by atoms with Gasteiger partial charge in [-0.15, -0.1) is 0 Å². The Morgan fingerprint density at radius 3 is 2.59 bits per heavy atom. The van der Waals surface area contributed by atoms with E-state index in [0.717, 1.165) is 34.2 Å². The molecule has 0 saturated carbocycles. The average Bonchev–Trinajstić information content (AvgIpc) is 3.36. The molecular formula is C21H23N3O3S2. The van der Waals surface area contributed by atoms with Crippen LogP contribution >= 0.6 is 11.3 Å². The second-order valence-corrected chi connectivity index (χ2v) is 10.3. The number of amides is 1. The highest BCUT2D eigenvalue weighted by molar-refractivity contribution is 7.89. The molecule has 2 heterocycles. The molecule has 1 fully saturated rings. The van der Waals surface area contributed by atoms with E-state index < -0.39 is 10.0 Å². The first-order chi connectivity index (χ1) is 13.9. The van der Waals surface area contributed by atoms with E-state index in [2.05, 4.69) is 16.4 Å². The molecule has 0 atom stereocenters. The van der Waals surface area contributed by atoms with Crippen molar-refractivity contribution in [3.05, 3.63) is 53.6 Å². The highest BCUT2D eigenvalue weighted by Crippen LogP contribution is 2.27. The molecule has 0 unspecified atom stereocenters. The summed E-state index contributed by atoms with van der Waals surface area (Å²) in [6, 6.07) is 12.9. The highest BCUT2D eigenvalue weighted by Gasteiger charge is 2.26. The van der Waals surface area contributed by atoms with Gasteiger partial charge >= 0.3 is 0 Å². The van der Waals surface area contributed by atoms with E-state index in [1.807, 2.05) is 19.1 Å². The molecule has 4 rings (SSSR count). The van der Waals surface area contributed by atoms with Crippen molar-refractivity contribution in [2.24, 2.45) is 0 Å². The molecule has 2 aromatic carbocycles. The van der Waals surface area contributed by atoms with Gasteiger partial charge in [-0.3, -0.25) is 4.79 Å². The molecule has 1 aromatic heterocycles. The summed E-state index contributed by atoms with van der Waals surface area (Å²) in [6.07, 6.45) is 2.69. The largest absolute Gasteiger partial charge is 0.302 e. The fourth-order valence-corrected chi connectivity index (χ4v) is 5.93. The van der Waals surface area contributed by atoms with Crippen LogP contribution in [0.1, 0.15) is 30.4 Å². The fourth-order valence-electron chi connectivity index (χ4n) is 3.43. The van der Waals surface area contributed by atoms with Crippen LogP contribution in [0.2, 0.25) is 0 Å². The number of hydrogen-bond donors (Lipinski definition) is 1. The SMILES string of the molecule is Cc1ccc2nc(NC(=O)CCc3ccc(S(=O)(=O)N4CCCC4)cc3)sc2c1. The number of carbonyl (C=O) groups is 1. The molecule has 1 amide bonds. The van der Waals surface area contributed by atoms with Crippen LogP contribution < -0.4 is 5.32 Å². The molecule has 1 saturated heterocycles. The number of fused-ring (bicyclic) bond motifs is 1. The summed E-state index contributed by atoms with van der Waals surface area (Å²) in [5, 5.41) is 3.46. The maximum atomic E-state index is 12.6. The van der Waals surface area contributed by atoms with Crippen LogP contribution in [0.25, 0.3) is 10.2 Å². The standard InChI is InChI=1S/C21H23N3O3S2/c1-15-4-10-18-19(14-15)28-21(22-18)23-20(25)11-7-16-5-8-17(9-6-16)29(26,27)24-12-2-3-13-24/h4-6,8-10,14H,2-3,7,11-13H2,1H3,(H,22,23,25). The molecule has 0 radical (unpaired) electrons. The van der Waals surface area contributed by atoms with Gasteiger partial charge in [0.2, 0.25) is 15.9 Å². The van der Waals surface area contributed by atoms with Gasteiger partial charge < -0.3 is 5.32 Å². The Bertz CT molecular complexity index is 1130. The number of sulfonamides is 1. The van der Waals surface area contributed by atoms with Crippen molar-refractivity contribution in [1.29, 1.82) is 0 Å². The predicted octanol–water partition coefficient (Wildman–Crippen LogP) is 3.96. The summed E-state index contributed by atoms with van der Waals surface area (Å²) >= 11 is 1.46. The summed E-state index contributed by atoms with van der Waals surface area (Å²) in [4.78, 5) is 17.0. The molecular weight excluding hydrogens is 406 g/mol. The van der Waals surface area contributed by atoms with Crippen LogP contribution in [-0.4, -0.2) is 36.7 Å². The topological polar surface area (TPSA) is 79.4 Å². The van der Waals surface area contributed by atoms with Gasteiger partial charge in [0.15, 0.2) is 5.13 Å². The molecule has 0 aliphatic carbocycles. The van der Waals surface area contributed by atoms with Crippen LogP contribution in [0, 0.1) is 6.92 Å². The molecule has 3 aromatic rings. The van der Waals surface area contributed by atoms with Gasteiger partial charge in [-0.2, -0.15) is 4.31 Å². The molecule has 0 bridgehead atoms. The zero-order chi connectivity index (χ0) is 20.4. The zero-order valence-corrected chi connectivity index (χ0v) is 17.9. The van der Waals surface area contributed by atoms with E-state index in [4.69, 9.17) is 0 Å². The van der Waals surface area contributed by atoms with E-state index in [1.54, 1.807) is 24.3 Å². The second kappa shape index (κ2) is 8.22. The van der Waals surface area contributed by atoms with Crippen molar-refractivity contribution < 1.29 is 13.2 Å². The minimum Gasteiger partial charge on any atom is -0.302 e. The van der Waals surface area contributed by atoms with Crippen molar-refractivity contribution in [1.82, 2.24) is 9.29 Å². The number of aromatic nitrogens is 1. The summed E-state index contributed by atoms with van der Waals surface area (Å²) < 4.78 is 27.7. The summed E-state index contributed by atoms with van der Waals surface area (Å²) in [6.45, 7) is 3.21. The monoisotopic (exact) mass is 429 g/mol. The van der Waals surface area contributed by atoms with Crippen LogP contribution in [0.4, 0.5) is 5.13 Å². The van der Waals surface area contributed by atoms with Gasteiger partial charge in [0.25, 0.3) is 0 Å². The van der Waals surface area contributed by atoms with Gasteiger partial charge in [-0.05, 0) is 61.6 Å². The summed E-state index contributed by atoms with van der Waals surface area (Å²) in [5.41, 5.74) is 2.97. The van der Waals surface area contributed by atoms with Crippen LogP contribution in [-0.2, 0) is 21.2 Å². The Kier molecular flexibility index (Phi) is 5.67. The van der Waals surface area contributed by atoms with Crippen LogP contribution in [0.15, 0.2) is 47.4 Å². The number of nitrogens with zero attached hydrogens (tertiary/aromatic N) is 2. The first kappa shape index (κ1) is 20.0. The predicted molar refractivity (Wildman–Crippen MR) is 116 cm³/mol. The Morgan fingerprint density at radius 2 is 1.86 bits per heavy atom. The van der Waals surface area contributed by atoms with Crippen molar-refractivity contribution in [3.8, 4) is 0 Å². The van der Waals surface area contributed by atoms with Crippen LogP contribution in [0.3, 0.4) is 0 Å². The lowest BCUT2D eigenvalue weighted by atomic mass is 10.1. The van der Waals surface area contributed by atoms with Crippen molar-refractivity contribution in [2.45, 2.75) is 37.5 Å². The highest BCUT2D eigenvalue weighted by atomic mass is 32.2. The molecule has 1 aliphatic rings. The summed E-state index contributed by atoms with van der Waals surface area (Å²) in [5.74, 6) is -0.102. The molecule has 8 heteroatoms. The molecule has 1 aliphatic heterocycles. The number of anilines is 1. The lowest BCUT2D eigenvalue weighted by molar-refractivity contribution is -0.116. The smallest absolute Gasteiger partial charge is 0.243 e. The Balaban J connectivity index is 1.35. The Morgan fingerprint density at radius 1 is 1.14 bits per heavy atom. The first-order valence-corrected chi connectivity index (χ1v) is 11.9. The maximum absolute atomic E-state index is 12.6. The van der Waals surface area contributed by atoms with E-state index in [9.17, 15) is 13.2 Å². The molecule has 6 nitrogen and oxygen atoms in total. The molecule has 152 valence electrons. The third-order valence-electron chi connectivity index (χ3n) is 5.06. The van der Waals surface area contributed by atoms with Gasteiger partial charge in [0.05, 0.1) is 15.1 Å².